The number of rotatable bonds is 2. The van der Waals surface area contributed by atoms with Crippen molar-refractivity contribution in [1.29, 1.82) is 10.5 Å². The number of benzene rings is 2. The van der Waals surface area contributed by atoms with Crippen LogP contribution >= 0.6 is 0 Å². The standard InChI is InChI=1S/C29H20N2/c1-18(2)20-11-8-14-24-25(15-20)26(19-9-4-3-5-10-19)28-23-13-7-6-12-22(23)27(29(24)28)21(16-30)17-31/h3-15,18H,1-2H3. The van der Waals surface area contributed by atoms with E-state index in [9.17, 15) is 10.5 Å². The quantitative estimate of drug-likeness (QED) is 0.292. The number of allylic oxidation sites excluding steroid dienone is 1. The molecule has 2 nitrogen and oxygen atoms in total. The number of nitriles is 2. The Morgan fingerprint density at radius 1 is 0.645 bits per heavy atom. The Morgan fingerprint density at radius 2 is 1.29 bits per heavy atom. The van der Waals surface area contributed by atoms with Crippen molar-refractivity contribution >= 4 is 5.57 Å². The van der Waals surface area contributed by atoms with Gasteiger partial charge in [0, 0.05) is 11.1 Å². The first-order valence-corrected chi connectivity index (χ1v) is 10.4. The summed E-state index contributed by atoms with van der Waals surface area (Å²) in [7, 11) is 0. The van der Waals surface area contributed by atoms with Crippen molar-refractivity contribution < 1.29 is 0 Å². The van der Waals surface area contributed by atoms with E-state index in [2.05, 4.69) is 80.6 Å². The lowest BCUT2D eigenvalue weighted by Crippen LogP contribution is -1.89. The van der Waals surface area contributed by atoms with Gasteiger partial charge in [-0.25, -0.2) is 0 Å². The third-order valence-electron chi connectivity index (χ3n) is 6.11. The highest BCUT2D eigenvalue weighted by atomic mass is 14.4. The molecule has 2 heteroatoms. The highest BCUT2D eigenvalue weighted by molar-refractivity contribution is 6.17. The molecule has 31 heavy (non-hydrogen) atoms. The molecule has 2 aromatic rings. The normalized spacial score (nSPS) is 11.7. The molecule has 146 valence electrons. The van der Waals surface area contributed by atoms with Crippen LogP contribution in [0.3, 0.4) is 0 Å². The van der Waals surface area contributed by atoms with Crippen LogP contribution in [0, 0.1) is 22.7 Å². The molecule has 0 bridgehead atoms. The number of nitrogens with zero attached hydrogens (tertiary/aromatic N) is 2. The van der Waals surface area contributed by atoms with E-state index in [-0.39, 0.29) is 5.57 Å². The van der Waals surface area contributed by atoms with Crippen LogP contribution in [-0.2, 0) is 0 Å². The first-order chi connectivity index (χ1) is 15.2. The molecule has 2 aromatic carbocycles. The van der Waals surface area contributed by atoms with Crippen molar-refractivity contribution in [2.24, 2.45) is 0 Å². The molecule has 0 spiro atoms. The average molecular weight is 396 g/mol. The van der Waals surface area contributed by atoms with Gasteiger partial charge in [-0.2, -0.15) is 10.5 Å². The predicted molar refractivity (Wildman–Crippen MR) is 125 cm³/mol. The molecule has 3 aliphatic carbocycles. The lowest BCUT2D eigenvalue weighted by atomic mass is 9.92. The maximum Gasteiger partial charge on any atom is 0.138 e. The van der Waals surface area contributed by atoms with Gasteiger partial charge in [0.15, 0.2) is 0 Å². The molecule has 0 radical (unpaired) electrons. The summed E-state index contributed by atoms with van der Waals surface area (Å²) in [5.74, 6) is 0.389. The van der Waals surface area contributed by atoms with Gasteiger partial charge in [-0.05, 0) is 50.4 Å². The first kappa shape index (κ1) is 18.9. The van der Waals surface area contributed by atoms with Gasteiger partial charge in [-0.1, -0.05) is 92.7 Å². The SMILES string of the molecule is CC(C)c1cccc2c3c(c(-c4ccccc4)c-2c1)-c1ccccc1C3=C(C#N)C#N. The summed E-state index contributed by atoms with van der Waals surface area (Å²) >= 11 is 0. The van der Waals surface area contributed by atoms with Crippen molar-refractivity contribution in [2.75, 3.05) is 0 Å². The fourth-order valence-electron chi connectivity index (χ4n) is 4.70. The zero-order valence-electron chi connectivity index (χ0n) is 17.5. The number of hydrogen-bond acceptors (Lipinski definition) is 2. The minimum atomic E-state index is 0.160. The molecule has 0 aliphatic heterocycles. The second-order valence-electron chi connectivity index (χ2n) is 8.16. The molecule has 5 rings (SSSR count). The molecule has 0 unspecified atom stereocenters. The number of fused-ring (bicyclic) bond motifs is 5. The van der Waals surface area contributed by atoms with E-state index in [1.165, 1.54) is 11.1 Å². The lowest BCUT2D eigenvalue weighted by molar-refractivity contribution is 0.869. The average Bonchev–Trinajstić information content (AvgIpc) is 3.17. The van der Waals surface area contributed by atoms with E-state index in [0.29, 0.717) is 5.92 Å². The Bertz CT molecular complexity index is 1390. The first-order valence-electron chi connectivity index (χ1n) is 10.4. The van der Waals surface area contributed by atoms with Gasteiger partial charge in [0.1, 0.15) is 17.7 Å². The zero-order valence-corrected chi connectivity index (χ0v) is 17.5. The van der Waals surface area contributed by atoms with Gasteiger partial charge in [0.2, 0.25) is 0 Å². The van der Waals surface area contributed by atoms with Crippen LogP contribution in [0.4, 0.5) is 0 Å². The molecule has 0 saturated carbocycles. The van der Waals surface area contributed by atoms with Gasteiger partial charge in [0.05, 0.1) is 0 Å². The van der Waals surface area contributed by atoms with Gasteiger partial charge >= 0.3 is 0 Å². The highest BCUT2D eigenvalue weighted by Crippen LogP contribution is 2.58. The fourth-order valence-corrected chi connectivity index (χ4v) is 4.70. The van der Waals surface area contributed by atoms with E-state index in [1.54, 1.807) is 0 Å². The third-order valence-corrected chi connectivity index (χ3v) is 6.11. The topological polar surface area (TPSA) is 47.6 Å². The fraction of sp³-hybridized carbons (Fsp3) is 0.103. The Kier molecular flexibility index (Phi) is 4.43. The Hall–Kier alpha value is -4.14. The molecule has 0 saturated heterocycles. The molecule has 0 N–H and O–H groups in total. The molecule has 0 amide bonds. The smallest absolute Gasteiger partial charge is 0.138 e. The van der Waals surface area contributed by atoms with Crippen LogP contribution in [0.15, 0.2) is 84.4 Å². The maximum atomic E-state index is 9.77. The monoisotopic (exact) mass is 396 g/mol. The predicted octanol–water partition coefficient (Wildman–Crippen LogP) is 7.41. The van der Waals surface area contributed by atoms with Gasteiger partial charge < -0.3 is 0 Å². The zero-order chi connectivity index (χ0) is 21.5. The van der Waals surface area contributed by atoms with Crippen LogP contribution in [0.5, 0.6) is 0 Å². The van der Waals surface area contributed by atoms with Crippen LogP contribution in [0.1, 0.15) is 36.5 Å². The minimum Gasteiger partial charge on any atom is -0.192 e. The van der Waals surface area contributed by atoms with Crippen molar-refractivity contribution in [1.82, 2.24) is 0 Å². The van der Waals surface area contributed by atoms with Gasteiger partial charge in [-0.3, -0.25) is 0 Å². The van der Waals surface area contributed by atoms with Gasteiger partial charge in [0.25, 0.3) is 0 Å². The van der Waals surface area contributed by atoms with Crippen LogP contribution in [0.2, 0.25) is 0 Å². The molecule has 0 aromatic heterocycles. The lowest BCUT2D eigenvalue weighted by Gasteiger charge is -2.10. The summed E-state index contributed by atoms with van der Waals surface area (Å²) < 4.78 is 0. The molecule has 0 heterocycles. The van der Waals surface area contributed by atoms with E-state index >= 15 is 0 Å². The summed E-state index contributed by atoms with van der Waals surface area (Å²) in [6.07, 6.45) is 0. The van der Waals surface area contributed by atoms with Crippen molar-refractivity contribution in [3.63, 3.8) is 0 Å². The van der Waals surface area contributed by atoms with Crippen LogP contribution in [-0.4, -0.2) is 0 Å². The van der Waals surface area contributed by atoms with Crippen LogP contribution in [0.25, 0.3) is 39.0 Å². The molecular formula is C29H20N2. The largest absolute Gasteiger partial charge is 0.192 e. The summed E-state index contributed by atoms with van der Waals surface area (Å²) in [6.45, 7) is 4.40. The second kappa shape index (κ2) is 7.28. The minimum absolute atomic E-state index is 0.160. The Balaban J connectivity index is 2.02. The third kappa shape index (κ3) is 2.77. The summed E-state index contributed by atoms with van der Waals surface area (Å²) in [4.78, 5) is 0. The van der Waals surface area contributed by atoms with E-state index < -0.39 is 0 Å². The summed E-state index contributed by atoms with van der Waals surface area (Å²) in [5, 5.41) is 19.5. The van der Waals surface area contributed by atoms with Gasteiger partial charge in [-0.15, -0.1) is 0 Å². The molecule has 0 fully saturated rings. The van der Waals surface area contributed by atoms with E-state index in [1.807, 2.05) is 24.3 Å². The van der Waals surface area contributed by atoms with Crippen molar-refractivity contribution in [3.05, 3.63) is 101 Å². The summed E-state index contributed by atoms with van der Waals surface area (Å²) in [6, 6.07) is 31.5. The maximum absolute atomic E-state index is 9.77. The van der Waals surface area contributed by atoms with Crippen LogP contribution < -0.4 is 0 Å². The second-order valence-corrected chi connectivity index (χ2v) is 8.16. The molecule has 0 atom stereocenters. The van der Waals surface area contributed by atoms with Crippen molar-refractivity contribution in [3.8, 4) is 45.5 Å². The van der Waals surface area contributed by atoms with E-state index in [4.69, 9.17) is 0 Å². The Morgan fingerprint density at radius 3 is 1.97 bits per heavy atom. The van der Waals surface area contributed by atoms with Crippen molar-refractivity contribution in [2.45, 2.75) is 19.8 Å². The highest BCUT2D eigenvalue weighted by Gasteiger charge is 2.35. The van der Waals surface area contributed by atoms with E-state index in [0.717, 1.165) is 44.5 Å². The molecular weight excluding hydrogens is 376 g/mol. The molecule has 3 aliphatic rings. The Labute approximate surface area is 182 Å². The number of hydrogen-bond donors (Lipinski definition) is 0. The summed E-state index contributed by atoms with van der Waals surface area (Å²) in [5.41, 5.74) is 10.9.